The van der Waals surface area contributed by atoms with Gasteiger partial charge >= 0.3 is 0 Å². The first-order valence-corrected chi connectivity index (χ1v) is 8.62. The number of aromatic nitrogens is 3. The van der Waals surface area contributed by atoms with Gasteiger partial charge in [0.15, 0.2) is 0 Å². The molecule has 0 bridgehead atoms. The third-order valence-electron chi connectivity index (χ3n) is 3.79. The van der Waals surface area contributed by atoms with Gasteiger partial charge in [-0.15, -0.1) is 10.2 Å². The number of aliphatic hydroxyl groups excluding tert-OH is 1. The quantitative estimate of drug-likeness (QED) is 0.755. The first-order valence-electron chi connectivity index (χ1n) is 8.24. The molecule has 0 saturated heterocycles. The summed E-state index contributed by atoms with van der Waals surface area (Å²) in [5, 5.41) is 19.5. The van der Waals surface area contributed by atoms with Gasteiger partial charge in [-0.2, -0.15) is 4.80 Å². The molecule has 0 radical (unpaired) electrons. The maximum absolute atomic E-state index is 9.73. The minimum Gasteiger partial charge on any atom is -0.393 e. The Kier molecular flexibility index (Phi) is 4.88. The molecule has 0 saturated carbocycles. The Hall–Kier alpha value is -1.91. The molecule has 3 aromatic rings. The second-order valence-electron chi connectivity index (χ2n) is 6.78. The summed E-state index contributed by atoms with van der Waals surface area (Å²) in [5.41, 5.74) is 4.82. The zero-order chi connectivity index (χ0) is 17.3. The predicted molar refractivity (Wildman–Crippen MR) is 97.8 cm³/mol. The van der Waals surface area contributed by atoms with Crippen LogP contribution in [0.25, 0.3) is 16.7 Å². The molecular weight excluding hydrogens is 322 g/mol. The molecule has 2 aromatic carbocycles. The fourth-order valence-corrected chi connectivity index (χ4v) is 3.08. The Balaban J connectivity index is 2.06. The van der Waals surface area contributed by atoms with Crippen molar-refractivity contribution in [2.24, 2.45) is 5.92 Å². The van der Waals surface area contributed by atoms with E-state index in [1.807, 2.05) is 24.3 Å². The van der Waals surface area contributed by atoms with E-state index in [0.29, 0.717) is 17.4 Å². The summed E-state index contributed by atoms with van der Waals surface area (Å²) in [5.74, 6) is 0.558. The van der Waals surface area contributed by atoms with Crippen LogP contribution in [0.2, 0.25) is 5.02 Å². The summed E-state index contributed by atoms with van der Waals surface area (Å²) in [6.45, 7) is 6.20. The van der Waals surface area contributed by atoms with E-state index in [-0.39, 0.29) is 6.10 Å². The average Bonchev–Trinajstić information content (AvgIpc) is 2.88. The zero-order valence-electron chi connectivity index (χ0n) is 14.2. The Morgan fingerprint density at radius 2 is 1.62 bits per heavy atom. The van der Waals surface area contributed by atoms with Crippen molar-refractivity contribution in [2.45, 2.75) is 39.7 Å². The highest BCUT2D eigenvalue weighted by atomic mass is 35.5. The van der Waals surface area contributed by atoms with E-state index in [0.717, 1.165) is 28.7 Å². The van der Waals surface area contributed by atoms with E-state index in [4.69, 9.17) is 11.6 Å². The minimum absolute atomic E-state index is 0.379. The largest absolute Gasteiger partial charge is 0.393 e. The van der Waals surface area contributed by atoms with E-state index in [9.17, 15) is 5.11 Å². The highest BCUT2D eigenvalue weighted by Crippen LogP contribution is 2.21. The van der Waals surface area contributed by atoms with Crippen LogP contribution in [-0.2, 0) is 12.8 Å². The van der Waals surface area contributed by atoms with Crippen LogP contribution < -0.4 is 0 Å². The maximum Gasteiger partial charge on any atom is 0.115 e. The topological polar surface area (TPSA) is 50.9 Å². The molecule has 3 rings (SSSR count). The van der Waals surface area contributed by atoms with Crippen LogP contribution in [0, 0.1) is 5.92 Å². The second-order valence-corrected chi connectivity index (χ2v) is 7.22. The van der Waals surface area contributed by atoms with Gasteiger partial charge in [0.2, 0.25) is 0 Å². The lowest BCUT2D eigenvalue weighted by atomic mass is 9.98. The number of hydrogen-bond donors (Lipinski definition) is 1. The van der Waals surface area contributed by atoms with Crippen molar-refractivity contribution in [1.29, 1.82) is 0 Å². The van der Waals surface area contributed by atoms with Gasteiger partial charge in [0.05, 0.1) is 11.8 Å². The summed E-state index contributed by atoms with van der Waals surface area (Å²) < 4.78 is 0. The molecule has 5 heteroatoms. The van der Waals surface area contributed by atoms with Crippen molar-refractivity contribution >= 4 is 22.6 Å². The number of hydrogen-bond acceptors (Lipinski definition) is 3. The van der Waals surface area contributed by atoms with Gasteiger partial charge in [-0.3, -0.25) is 0 Å². The lowest BCUT2D eigenvalue weighted by Crippen LogP contribution is -2.08. The SMILES string of the molecule is CC(C)Cc1cc(CC(C)O)cc(-n2nc3ccc(Cl)cc3n2)c1. The van der Waals surface area contributed by atoms with Crippen LogP contribution in [0.4, 0.5) is 0 Å². The van der Waals surface area contributed by atoms with Crippen LogP contribution in [0.3, 0.4) is 0 Å². The molecule has 1 heterocycles. The van der Waals surface area contributed by atoms with Gasteiger partial charge in [0.1, 0.15) is 11.0 Å². The normalized spacial score (nSPS) is 12.9. The fourth-order valence-electron chi connectivity index (χ4n) is 2.91. The van der Waals surface area contributed by atoms with Gasteiger partial charge in [0, 0.05) is 5.02 Å². The number of rotatable bonds is 5. The van der Waals surface area contributed by atoms with Crippen LogP contribution in [0.1, 0.15) is 31.9 Å². The number of fused-ring (bicyclic) bond motifs is 1. The fraction of sp³-hybridized carbons (Fsp3) is 0.368. The number of nitrogens with zero attached hydrogens (tertiary/aromatic N) is 3. The molecule has 1 N–H and O–H groups in total. The molecule has 126 valence electrons. The molecule has 0 spiro atoms. The maximum atomic E-state index is 9.73. The van der Waals surface area contributed by atoms with Crippen molar-refractivity contribution in [3.8, 4) is 5.69 Å². The molecule has 4 nitrogen and oxygen atoms in total. The summed E-state index contributed by atoms with van der Waals surface area (Å²) >= 11 is 6.03. The van der Waals surface area contributed by atoms with Gasteiger partial charge in [-0.05, 0) is 67.1 Å². The molecule has 24 heavy (non-hydrogen) atoms. The van der Waals surface area contributed by atoms with Gasteiger partial charge in [-0.1, -0.05) is 31.5 Å². The average molecular weight is 344 g/mol. The lowest BCUT2D eigenvalue weighted by molar-refractivity contribution is 0.195. The minimum atomic E-state index is -0.379. The second kappa shape index (κ2) is 6.91. The highest BCUT2D eigenvalue weighted by Gasteiger charge is 2.10. The van der Waals surface area contributed by atoms with Crippen molar-refractivity contribution in [1.82, 2.24) is 15.0 Å². The molecule has 0 aliphatic carbocycles. The van der Waals surface area contributed by atoms with Crippen LogP contribution >= 0.6 is 11.6 Å². The Labute approximate surface area is 147 Å². The van der Waals surface area contributed by atoms with Gasteiger partial charge in [0.25, 0.3) is 0 Å². The number of benzene rings is 2. The van der Waals surface area contributed by atoms with Crippen molar-refractivity contribution in [2.75, 3.05) is 0 Å². The molecule has 1 atom stereocenters. The smallest absolute Gasteiger partial charge is 0.115 e. The molecular formula is C19H22ClN3O. The number of aliphatic hydroxyl groups is 1. The molecule has 1 aromatic heterocycles. The van der Waals surface area contributed by atoms with E-state index in [1.54, 1.807) is 11.7 Å². The first-order chi connectivity index (χ1) is 11.4. The summed E-state index contributed by atoms with van der Waals surface area (Å²) in [7, 11) is 0. The highest BCUT2D eigenvalue weighted by molar-refractivity contribution is 6.31. The third-order valence-corrected chi connectivity index (χ3v) is 4.02. The predicted octanol–water partition coefficient (Wildman–Crippen LogP) is 4.20. The van der Waals surface area contributed by atoms with Gasteiger partial charge in [-0.25, -0.2) is 0 Å². The molecule has 1 unspecified atom stereocenters. The van der Waals surface area contributed by atoms with Gasteiger partial charge < -0.3 is 5.11 Å². The Bertz CT molecular complexity index is 827. The summed E-state index contributed by atoms with van der Waals surface area (Å²) in [6.07, 6.45) is 1.22. The van der Waals surface area contributed by atoms with E-state index in [2.05, 4.69) is 36.2 Å². The van der Waals surface area contributed by atoms with Crippen LogP contribution in [-0.4, -0.2) is 26.2 Å². The van der Waals surface area contributed by atoms with Crippen molar-refractivity contribution in [3.05, 3.63) is 52.5 Å². The summed E-state index contributed by atoms with van der Waals surface area (Å²) in [6, 6.07) is 11.8. The van der Waals surface area contributed by atoms with E-state index < -0.39 is 0 Å². The molecule has 0 amide bonds. The summed E-state index contributed by atoms with van der Waals surface area (Å²) in [4.78, 5) is 1.65. The van der Waals surface area contributed by atoms with Crippen LogP contribution in [0.15, 0.2) is 36.4 Å². The molecule has 0 aliphatic heterocycles. The van der Waals surface area contributed by atoms with Crippen LogP contribution in [0.5, 0.6) is 0 Å². The standard InChI is InChI=1S/C19H22ClN3O/c1-12(2)6-14-8-15(7-13(3)24)10-17(9-14)23-21-18-5-4-16(20)11-19(18)22-23/h4-5,8-13,24H,6-7H2,1-3H3. The first kappa shape index (κ1) is 16.9. The monoisotopic (exact) mass is 343 g/mol. The van der Waals surface area contributed by atoms with E-state index in [1.165, 1.54) is 5.56 Å². The zero-order valence-corrected chi connectivity index (χ0v) is 15.0. The number of halogens is 1. The Morgan fingerprint density at radius 1 is 0.958 bits per heavy atom. The van der Waals surface area contributed by atoms with Crippen molar-refractivity contribution < 1.29 is 5.11 Å². The lowest BCUT2D eigenvalue weighted by Gasteiger charge is -2.12. The van der Waals surface area contributed by atoms with E-state index >= 15 is 0 Å². The third kappa shape index (κ3) is 3.94. The van der Waals surface area contributed by atoms with Crippen molar-refractivity contribution in [3.63, 3.8) is 0 Å². The molecule has 0 fully saturated rings. The Morgan fingerprint density at radius 3 is 2.29 bits per heavy atom. The molecule has 0 aliphatic rings.